The molecule has 4 heteroatoms. The Balaban J connectivity index is 2.48. The lowest BCUT2D eigenvalue weighted by atomic mass is 10.1. The predicted octanol–water partition coefficient (Wildman–Crippen LogP) is 3.42. The first-order valence-corrected chi connectivity index (χ1v) is 5.70. The summed E-state index contributed by atoms with van der Waals surface area (Å²) in [6.07, 6.45) is 2.10. The maximum atomic E-state index is 8.74. The molecule has 0 spiro atoms. The number of ether oxygens (including phenoxy) is 1. The Bertz CT molecular complexity index is 385. The predicted molar refractivity (Wildman–Crippen MR) is 63.5 cm³/mol. The Morgan fingerprint density at radius 2 is 2.25 bits per heavy atom. The minimum atomic E-state index is 0.290. The fourth-order valence-electron chi connectivity index (χ4n) is 1.28. The summed E-state index contributed by atoms with van der Waals surface area (Å²) in [5, 5.41) is 9.03. The minimum Gasteiger partial charge on any atom is -0.478 e. The Hall–Kier alpha value is -1.27. The van der Waals surface area contributed by atoms with Crippen molar-refractivity contribution < 1.29 is 4.74 Å². The monoisotopic (exact) mass is 238 g/mol. The number of nitrogens with zero attached hydrogens (tertiary/aromatic N) is 2. The molecule has 1 heterocycles. The van der Waals surface area contributed by atoms with Crippen molar-refractivity contribution >= 4 is 11.6 Å². The molecule has 0 amide bonds. The normalized spacial score (nSPS) is 10.2. The molecule has 3 nitrogen and oxygen atoms in total. The van der Waals surface area contributed by atoms with Gasteiger partial charge in [0.2, 0.25) is 5.88 Å². The van der Waals surface area contributed by atoms with E-state index in [2.05, 4.69) is 18.8 Å². The third-order valence-corrected chi connectivity index (χ3v) is 2.27. The van der Waals surface area contributed by atoms with Crippen LogP contribution in [-0.2, 0) is 0 Å². The molecule has 0 unspecified atom stereocenters. The molecule has 0 aliphatic rings. The van der Waals surface area contributed by atoms with E-state index in [9.17, 15) is 0 Å². The highest BCUT2D eigenvalue weighted by molar-refractivity contribution is 6.29. The van der Waals surface area contributed by atoms with Crippen LogP contribution in [-0.4, -0.2) is 11.6 Å². The van der Waals surface area contributed by atoms with Crippen LogP contribution in [0.5, 0.6) is 5.88 Å². The average molecular weight is 239 g/mol. The third kappa shape index (κ3) is 4.50. The highest BCUT2D eigenvalue weighted by Gasteiger charge is 2.02. The van der Waals surface area contributed by atoms with Crippen molar-refractivity contribution in [1.29, 1.82) is 5.26 Å². The van der Waals surface area contributed by atoms with Gasteiger partial charge in [0.1, 0.15) is 5.15 Å². The molecule has 0 bridgehead atoms. The van der Waals surface area contributed by atoms with Gasteiger partial charge in [-0.05, 0) is 24.8 Å². The van der Waals surface area contributed by atoms with Crippen molar-refractivity contribution in [3.05, 3.63) is 22.8 Å². The van der Waals surface area contributed by atoms with Crippen LogP contribution in [0.3, 0.4) is 0 Å². The number of nitriles is 1. The highest BCUT2D eigenvalue weighted by Crippen LogP contribution is 2.16. The zero-order chi connectivity index (χ0) is 12.0. The first kappa shape index (κ1) is 12.8. The molecule has 0 saturated carbocycles. The van der Waals surface area contributed by atoms with E-state index < -0.39 is 0 Å². The van der Waals surface area contributed by atoms with E-state index in [1.807, 2.05) is 6.07 Å². The summed E-state index contributed by atoms with van der Waals surface area (Å²) in [6, 6.07) is 5.13. The molecule has 1 aromatic rings. The first-order valence-electron chi connectivity index (χ1n) is 5.32. The smallest absolute Gasteiger partial charge is 0.215 e. The lowest BCUT2D eigenvalue weighted by Gasteiger charge is -2.07. The summed E-state index contributed by atoms with van der Waals surface area (Å²) in [4.78, 5) is 3.99. The van der Waals surface area contributed by atoms with Crippen molar-refractivity contribution in [2.24, 2.45) is 5.92 Å². The molecule has 86 valence electrons. The maximum absolute atomic E-state index is 8.74. The summed E-state index contributed by atoms with van der Waals surface area (Å²) in [6.45, 7) is 4.95. The number of aromatic nitrogens is 1. The van der Waals surface area contributed by atoms with Crippen LogP contribution in [0.25, 0.3) is 0 Å². The quantitative estimate of drug-likeness (QED) is 0.583. The molecule has 16 heavy (non-hydrogen) atoms. The van der Waals surface area contributed by atoms with E-state index in [-0.39, 0.29) is 5.15 Å². The van der Waals surface area contributed by atoms with Gasteiger partial charge in [-0.15, -0.1) is 0 Å². The Kier molecular flexibility index (Phi) is 5.07. The van der Waals surface area contributed by atoms with Crippen molar-refractivity contribution in [3.8, 4) is 11.9 Å². The minimum absolute atomic E-state index is 0.290. The average Bonchev–Trinajstić information content (AvgIpc) is 2.23. The molecular weight excluding hydrogens is 224 g/mol. The molecule has 0 fully saturated rings. The van der Waals surface area contributed by atoms with E-state index in [1.165, 1.54) is 6.07 Å². The van der Waals surface area contributed by atoms with Gasteiger partial charge in [0.05, 0.1) is 18.2 Å². The zero-order valence-corrected chi connectivity index (χ0v) is 10.3. The molecule has 0 N–H and O–H groups in total. The van der Waals surface area contributed by atoms with E-state index >= 15 is 0 Å². The summed E-state index contributed by atoms with van der Waals surface area (Å²) in [5.74, 6) is 1.10. The third-order valence-electron chi connectivity index (χ3n) is 2.08. The lowest BCUT2D eigenvalue weighted by molar-refractivity contribution is 0.287. The number of pyridine rings is 1. The van der Waals surface area contributed by atoms with Gasteiger partial charge in [-0.25, -0.2) is 4.98 Å². The standard InChI is InChI=1S/C12H15ClN2O/c1-9(2)4-3-5-16-12-7-10(8-14)6-11(13)15-12/h6-7,9H,3-5H2,1-2H3. The van der Waals surface area contributed by atoms with Crippen LogP contribution >= 0.6 is 11.6 Å². The van der Waals surface area contributed by atoms with Crippen molar-refractivity contribution in [3.63, 3.8) is 0 Å². The zero-order valence-electron chi connectivity index (χ0n) is 9.53. The molecule has 0 radical (unpaired) electrons. The number of hydrogen-bond donors (Lipinski definition) is 0. The van der Waals surface area contributed by atoms with Crippen molar-refractivity contribution in [2.75, 3.05) is 6.61 Å². The highest BCUT2D eigenvalue weighted by atomic mass is 35.5. The second kappa shape index (κ2) is 6.34. The van der Waals surface area contributed by atoms with Crippen LogP contribution in [0.2, 0.25) is 5.15 Å². The number of halogens is 1. The molecule has 0 aliphatic carbocycles. The van der Waals surface area contributed by atoms with Crippen LogP contribution in [0.1, 0.15) is 32.3 Å². The topological polar surface area (TPSA) is 45.9 Å². The SMILES string of the molecule is CC(C)CCCOc1cc(C#N)cc(Cl)n1. The number of hydrogen-bond acceptors (Lipinski definition) is 3. The van der Waals surface area contributed by atoms with E-state index in [1.54, 1.807) is 6.07 Å². The van der Waals surface area contributed by atoms with Crippen LogP contribution < -0.4 is 4.74 Å². The molecular formula is C12H15ClN2O. The second-order valence-electron chi connectivity index (χ2n) is 4.01. The Morgan fingerprint density at radius 3 is 2.88 bits per heavy atom. The summed E-state index contributed by atoms with van der Waals surface area (Å²) in [7, 11) is 0. The van der Waals surface area contributed by atoms with Gasteiger partial charge in [-0.1, -0.05) is 25.4 Å². The van der Waals surface area contributed by atoms with Gasteiger partial charge in [0.15, 0.2) is 0 Å². The van der Waals surface area contributed by atoms with E-state index in [0.717, 1.165) is 12.8 Å². The van der Waals surface area contributed by atoms with Crippen LogP contribution in [0, 0.1) is 17.2 Å². The van der Waals surface area contributed by atoms with Gasteiger partial charge in [0.25, 0.3) is 0 Å². The Labute approximate surface area is 101 Å². The first-order chi connectivity index (χ1) is 7.61. The summed E-state index contributed by atoms with van der Waals surface area (Å²) < 4.78 is 5.43. The fraction of sp³-hybridized carbons (Fsp3) is 0.500. The molecule has 0 atom stereocenters. The van der Waals surface area contributed by atoms with Gasteiger partial charge >= 0.3 is 0 Å². The lowest BCUT2D eigenvalue weighted by Crippen LogP contribution is -2.01. The molecule has 0 aromatic carbocycles. The molecule has 0 aliphatic heterocycles. The molecule has 1 rings (SSSR count). The van der Waals surface area contributed by atoms with E-state index in [4.69, 9.17) is 21.6 Å². The van der Waals surface area contributed by atoms with Crippen molar-refractivity contribution in [2.45, 2.75) is 26.7 Å². The van der Waals surface area contributed by atoms with Crippen LogP contribution in [0.15, 0.2) is 12.1 Å². The Morgan fingerprint density at radius 1 is 1.50 bits per heavy atom. The fourth-order valence-corrected chi connectivity index (χ4v) is 1.48. The largest absolute Gasteiger partial charge is 0.478 e. The van der Waals surface area contributed by atoms with Gasteiger partial charge < -0.3 is 4.74 Å². The van der Waals surface area contributed by atoms with Gasteiger partial charge in [0, 0.05) is 6.07 Å². The second-order valence-corrected chi connectivity index (χ2v) is 4.40. The summed E-state index contributed by atoms with van der Waals surface area (Å²) >= 11 is 5.75. The number of rotatable bonds is 5. The van der Waals surface area contributed by atoms with Crippen molar-refractivity contribution in [1.82, 2.24) is 4.98 Å². The molecule has 0 saturated heterocycles. The molecule has 1 aromatic heterocycles. The van der Waals surface area contributed by atoms with Gasteiger partial charge in [-0.3, -0.25) is 0 Å². The van der Waals surface area contributed by atoms with E-state index in [0.29, 0.717) is 24.0 Å². The van der Waals surface area contributed by atoms with Gasteiger partial charge in [-0.2, -0.15) is 5.26 Å². The maximum Gasteiger partial charge on any atom is 0.215 e. The van der Waals surface area contributed by atoms with Crippen LogP contribution in [0.4, 0.5) is 0 Å². The summed E-state index contributed by atoms with van der Waals surface area (Å²) in [5.41, 5.74) is 0.471.